The minimum Gasteiger partial charge on any atom is -0.321 e. The van der Waals surface area contributed by atoms with E-state index in [1.807, 2.05) is 25.1 Å². The van der Waals surface area contributed by atoms with Crippen LogP contribution in [0.25, 0.3) is 0 Å². The molecule has 0 amide bonds. The van der Waals surface area contributed by atoms with E-state index < -0.39 is 11.5 Å². The summed E-state index contributed by atoms with van der Waals surface area (Å²) in [4.78, 5) is 0. The van der Waals surface area contributed by atoms with Gasteiger partial charge in [-0.1, -0.05) is 22.0 Å². The second-order valence-electron chi connectivity index (χ2n) is 4.38. The Labute approximate surface area is 95.8 Å². The summed E-state index contributed by atoms with van der Waals surface area (Å²) in [5.41, 5.74) is 6.91. The molecule has 1 aliphatic rings. The van der Waals surface area contributed by atoms with Crippen LogP contribution in [-0.2, 0) is 5.54 Å². The SMILES string of the molecule is Cc1cc(Br)cc(C2(N)CC(F)(F)C2)c1. The lowest BCUT2D eigenvalue weighted by molar-refractivity contribution is -0.125. The lowest BCUT2D eigenvalue weighted by Crippen LogP contribution is -2.55. The number of hydrogen-bond acceptors (Lipinski definition) is 1. The van der Waals surface area contributed by atoms with Crippen molar-refractivity contribution in [3.05, 3.63) is 33.8 Å². The quantitative estimate of drug-likeness (QED) is 0.836. The average molecular weight is 276 g/mol. The fourth-order valence-corrected chi connectivity index (χ4v) is 2.71. The van der Waals surface area contributed by atoms with Gasteiger partial charge in [-0.3, -0.25) is 0 Å². The molecule has 0 aromatic heterocycles. The number of halogens is 3. The van der Waals surface area contributed by atoms with Crippen molar-refractivity contribution in [1.29, 1.82) is 0 Å². The minimum absolute atomic E-state index is 0.254. The Kier molecular flexibility index (Phi) is 2.39. The Morgan fingerprint density at radius 1 is 1.27 bits per heavy atom. The fourth-order valence-electron chi connectivity index (χ4n) is 2.10. The lowest BCUT2D eigenvalue weighted by atomic mass is 9.69. The molecule has 1 nitrogen and oxygen atoms in total. The zero-order valence-electron chi connectivity index (χ0n) is 8.36. The summed E-state index contributed by atoms with van der Waals surface area (Å²) in [6, 6.07) is 5.63. The summed E-state index contributed by atoms with van der Waals surface area (Å²) in [5, 5.41) is 0. The second kappa shape index (κ2) is 3.25. The van der Waals surface area contributed by atoms with Crippen molar-refractivity contribution in [2.24, 2.45) is 5.73 Å². The molecule has 1 fully saturated rings. The van der Waals surface area contributed by atoms with Crippen molar-refractivity contribution in [3.63, 3.8) is 0 Å². The molecule has 2 N–H and O–H groups in total. The molecule has 0 unspecified atom stereocenters. The normalized spacial score (nSPS) is 22.2. The van der Waals surface area contributed by atoms with E-state index in [-0.39, 0.29) is 12.8 Å². The van der Waals surface area contributed by atoms with E-state index in [2.05, 4.69) is 15.9 Å². The van der Waals surface area contributed by atoms with Crippen LogP contribution in [0, 0.1) is 6.92 Å². The van der Waals surface area contributed by atoms with Crippen molar-refractivity contribution >= 4 is 15.9 Å². The van der Waals surface area contributed by atoms with E-state index in [0.717, 1.165) is 15.6 Å². The number of rotatable bonds is 1. The fraction of sp³-hybridized carbons (Fsp3) is 0.455. The number of benzene rings is 1. The molecule has 15 heavy (non-hydrogen) atoms. The maximum atomic E-state index is 12.8. The van der Waals surface area contributed by atoms with Crippen molar-refractivity contribution < 1.29 is 8.78 Å². The Morgan fingerprint density at radius 3 is 2.33 bits per heavy atom. The highest BCUT2D eigenvalue weighted by molar-refractivity contribution is 9.10. The minimum atomic E-state index is -2.59. The molecule has 0 saturated heterocycles. The molecule has 82 valence electrons. The molecule has 0 spiro atoms. The van der Waals surface area contributed by atoms with Gasteiger partial charge >= 0.3 is 0 Å². The van der Waals surface area contributed by atoms with Crippen molar-refractivity contribution in [2.45, 2.75) is 31.2 Å². The van der Waals surface area contributed by atoms with Gasteiger partial charge in [0.2, 0.25) is 0 Å². The zero-order valence-corrected chi connectivity index (χ0v) is 9.94. The molecule has 4 heteroatoms. The molecular formula is C11H12BrF2N. The molecule has 1 saturated carbocycles. The van der Waals surface area contributed by atoms with Crippen LogP contribution >= 0.6 is 15.9 Å². The lowest BCUT2D eigenvalue weighted by Gasteiger charge is -2.45. The molecule has 1 aliphatic carbocycles. The first-order valence-corrected chi connectivity index (χ1v) is 5.54. The molecule has 1 aromatic rings. The van der Waals surface area contributed by atoms with Crippen LogP contribution in [0.3, 0.4) is 0 Å². The van der Waals surface area contributed by atoms with Crippen LogP contribution in [0.15, 0.2) is 22.7 Å². The van der Waals surface area contributed by atoms with Gasteiger partial charge < -0.3 is 5.73 Å². The summed E-state index contributed by atoms with van der Waals surface area (Å²) in [5.74, 6) is -2.59. The third-order valence-electron chi connectivity index (χ3n) is 2.77. The summed E-state index contributed by atoms with van der Waals surface area (Å²) in [6.45, 7) is 1.93. The molecule has 2 rings (SSSR count). The summed E-state index contributed by atoms with van der Waals surface area (Å²) >= 11 is 3.34. The molecule has 0 aliphatic heterocycles. The van der Waals surface area contributed by atoms with E-state index in [1.54, 1.807) is 0 Å². The Bertz CT molecular complexity index is 375. The van der Waals surface area contributed by atoms with Gasteiger partial charge in [0, 0.05) is 17.3 Å². The summed E-state index contributed by atoms with van der Waals surface area (Å²) in [6.07, 6.45) is -0.508. The number of hydrogen-bond donors (Lipinski definition) is 1. The van der Waals surface area contributed by atoms with Crippen LogP contribution in [0.4, 0.5) is 8.78 Å². The van der Waals surface area contributed by atoms with E-state index in [4.69, 9.17) is 5.73 Å². The number of aryl methyl sites for hydroxylation is 1. The first-order chi connectivity index (χ1) is 6.81. The molecule has 0 radical (unpaired) electrons. The maximum Gasteiger partial charge on any atom is 0.252 e. The van der Waals surface area contributed by atoms with Crippen LogP contribution in [-0.4, -0.2) is 5.92 Å². The van der Waals surface area contributed by atoms with E-state index >= 15 is 0 Å². The monoisotopic (exact) mass is 275 g/mol. The summed E-state index contributed by atoms with van der Waals surface area (Å²) < 4.78 is 26.5. The number of alkyl halides is 2. The van der Waals surface area contributed by atoms with E-state index in [0.29, 0.717) is 0 Å². The van der Waals surface area contributed by atoms with Gasteiger partial charge in [0.05, 0.1) is 5.54 Å². The van der Waals surface area contributed by atoms with Gasteiger partial charge in [0.15, 0.2) is 0 Å². The smallest absolute Gasteiger partial charge is 0.252 e. The third-order valence-corrected chi connectivity index (χ3v) is 3.22. The molecule has 1 aromatic carbocycles. The third kappa shape index (κ3) is 2.06. The molecule has 0 bridgehead atoms. The first-order valence-electron chi connectivity index (χ1n) is 4.75. The highest BCUT2D eigenvalue weighted by Crippen LogP contribution is 2.50. The van der Waals surface area contributed by atoms with Crippen LogP contribution in [0.1, 0.15) is 24.0 Å². The number of nitrogens with two attached hydrogens (primary N) is 1. The standard InChI is InChI=1S/C11H12BrF2N/c1-7-2-8(4-9(12)3-7)10(15)5-11(13,14)6-10/h2-4H,5-6,15H2,1H3. The van der Waals surface area contributed by atoms with Gasteiger partial charge in [-0.05, 0) is 30.2 Å². The summed E-state index contributed by atoms with van der Waals surface area (Å²) in [7, 11) is 0. The Balaban J connectivity index is 2.31. The van der Waals surface area contributed by atoms with Gasteiger partial charge in [-0.15, -0.1) is 0 Å². The van der Waals surface area contributed by atoms with Gasteiger partial charge in [-0.2, -0.15) is 0 Å². The molecule has 0 atom stereocenters. The van der Waals surface area contributed by atoms with Crippen LogP contribution in [0.2, 0.25) is 0 Å². The second-order valence-corrected chi connectivity index (χ2v) is 5.30. The Morgan fingerprint density at radius 2 is 1.87 bits per heavy atom. The molecule has 0 heterocycles. The molecular weight excluding hydrogens is 264 g/mol. The van der Waals surface area contributed by atoms with Crippen molar-refractivity contribution in [2.75, 3.05) is 0 Å². The van der Waals surface area contributed by atoms with Gasteiger partial charge in [0.1, 0.15) is 0 Å². The Hall–Kier alpha value is -0.480. The predicted octanol–water partition coefficient (Wildman–Crippen LogP) is 3.34. The highest BCUT2D eigenvalue weighted by Gasteiger charge is 2.55. The van der Waals surface area contributed by atoms with Crippen LogP contribution < -0.4 is 5.73 Å². The predicted molar refractivity (Wildman–Crippen MR) is 58.9 cm³/mol. The average Bonchev–Trinajstić information content (AvgIpc) is 1.98. The highest BCUT2D eigenvalue weighted by atomic mass is 79.9. The topological polar surface area (TPSA) is 26.0 Å². The largest absolute Gasteiger partial charge is 0.321 e. The van der Waals surface area contributed by atoms with Crippen molar-refractivity contribution in [3.8, 4) is 0 Å². The zero-order chi connectivity index (χ0) is 11.3. The van der Waals surface area contributed by atoms with E-state index in [1.165, 1.54) is 0 Å². The maximum absolute atomic E-state index is 12.8. The van der Waals surface area contributed by atoms with Gasteiger partial charge in [-0.25, -0.2) is 8.78 Å². The van der Waals surface area contributed by atoms with Crippen molar-refractivity contribution in [1.82, 2.24) is 0 Å². The van der Waals surface area contributed by atoms with Crippen LogP contribution in [0.5, 0.6) is 0 Å². The first kappa shape index (κ1) is 11.0. The van der Waals surface area contributed by atoms with Gasteiger partial charge in [0.25, 0.3) is 5.92 Å². The van der Waals surface area contributed by atoms with E-state index in [9.17, 15) is 8.78 Å².